The Morgan fingerprint density at radius 3 is 3.00 bits per heavy atom. The predicted octanol–water partition coefficient (Wildman–Crippen LogP) is 0.514. The molecule has 0 amide bonds. The summed E-state index contributed by atoms with van der Waals surface area (Å²) in [6.07, 6.45) is 4.59. The first-order valence-electron chi connectivity index (χ1n) is 3.61. The molecular formula is C8H11N3O. The zero-order valence-electron chi connectivity index (χ0n) is 6.90. The van der Waals surface area contributed by atoms with Crippen LogP contribution in [0.2, 0.25) is 0 Å². The van der Waals surface area contributed by atoms with Gasteiger partial charge in [0.25, 0.3) is 0 Å². The van der Waals surface area contributed by atoms with Gasteiger partial charge in [-0.2, -0.15) is 5.10 Å². The summed E-state index contributed by atoms with van der Waals surface area (Å²) in [5.41, 5.74) is 5.92. The zero-order valence-corrected chi connectivity index (χ0v) is 6.90. The van der Waals surface area contributed by atoms with Crippen molar-refractivity contribution >= 4 is 12.0 Å². The molecule has 0 saturated carbocycles. The van der Waals surface area contributed by atoms with Crippen molar-refractivity contribution in [2.45, 2.75) is 13.0 Å². The van der Waals surface area contributed by atoms with Crippen LogP contribution in [0.5, 0.6) is 0 Å². The van der Waals surface area contributed by atoms with E-state index in [2.05, 4.69) is 11.7 Å². The van der Waals surface area contributed by atoms with Gasteiger partial charge in [-0.15, -0.1) is 0 Å². The van der Waals surface area contributed by atoms with Crippen molar-refractivity contribution in [1.29, 1.82) is 0 Å². The fourth-order valence-corrected chi connectivity index (χ4v) is 0.828. The second kappa shape index (κ2) is 3.32. The van der Waals surface area contributed by atoms with Gasteiger partial charge in [0.2, 0.25) is 0 Å². The minimum atomic E-state index is -0.479. The molecule has 0 fully saturated rings. The Hall–Kier alpha value is -1.42. The lowest BCUT2D eigenvalue weighted by Gasteiger charge is -1.98. The minimum absolute atomic E-state index is 0.108. The van der Waals surface area contributed by atoms with Crippen LogP contribution in [0.25, 0.3) is 6.20 Å². The van der Waals surface area contributed by atoms with Crippen LogP contribution in [0, 0.1) is 0 Å². The second-order valence-corrected chi connectivity index (χ2v) is 2.54. The number of ketones is 1. The summed E-state index contributed by atoms with van der Waals surface area (Å²) >= 11 is 0. The van der Waals surface area contributed by atoms with Gasteiger partial charge < -0.3 is 5.73 Å². The van der Waals surface area contributed by atoms with Gasteiger partial charge >= 0.3 is 0 Å². The van der Waals surface area contributed by atoms with E-state index >= 15 is 0 Å². The van der Waals surface area contributed by atoms with Gasteiger partial charge in [-0.3, -0.25) is 4.79 Å². The summed E-state index contributed by atoms with van der Waals surface area (Å²) in [5.74, 6) is -0.108. The third-order valence-corrected chi connectivity index (χ3v) is 1.49. The molecule has 4 heteroatoms. The number of hydrogen-bond acceptors (Lipinski definition) is 3. The molecule has 12 heavy (non-hydrogen) atoms. The number of carbonyl (C=O) groups is 1. The Labute approximate surface area is 70.7 Å². The van der Waals surface area contributed by atoms with E-state index in [-0.39, 0.29) is 5.78 Å². The Kier molecular flexibility index (Phi) is 2.40. The highest BCUT2D eigenvalue weighted by atomic mass is 16.1. The van der Waals surface area contributed by atoms with E-state index in [1.54, 1.807) is 13.1 Å². The summed E-state index contributed by atoms with van der Waals surface area (Å²) in [5, 5.41) is 3.86. The lowest BCUT2D eigenvalue weighted by atomic mass is 10.1. The van der Waals surface area contributed by atoms with E-state index < -0.39 is 6.04 Å². The molecule has 1 unspecified atom stereocenters. The first-order valence-corrected chi connectivity index (χ1v) is 3.61. The average Bonchev–Trinajstić information content (AvgIpc) is 2.50. The topological polar surface area (TPSA) is 60.9 Å². The molecule has 0 aliphatic carbocycles. The number of Topliss-reactive ketones (excluding diaryl/α,β-unsaturated/α-hetero) is 1. The maximum Gasteiger partial charge on any atom is 0.182 e. The van der Waals surface area contributed by atoms with Crippen molar-refractivity contribution in [3.8, 4) is 0 Å². The van der Waals surface area contributed by atoms with Crippen LogP contribution in [0.1, 0.15) is 17.3 Å². The SMILES string of the molecule is C=Cn1cc(C(=O)C(C)N)cn1. The van der Waals surface area contributed by atoms with Crippen LogP contribution in [-0.2, 0) is 0 Å². The molecule has 1 aromatic rings. The molecule has 2 N–H and O–H groups in total. The van der Waals surface area contributed by atoms with Gasteiger partial charge in [0.05, 0.1) is 17.8 Å². The summed E-state index contributed by atoms with van der Waals surface area (Å²) in [6.45, 7) is 5.15. The first-order chi connectivity index (χ1) is 5.65. The van der Waals surface area contributed by atoms with Gasteiger partial charge in [0.1, 0.15) is 0 Å². The molecule has 1 aromatic heterocycles. The molecule has 1 heterocycles. The summed E-state index contributed by atoms with van der Waals surface area (Å²) < 4.78 is 1.47. The van der Waals surface area contributed by atoms with Crippen LogP contribution in [0.4, 0.5) is 0 Å². The van der Waals surface area contributed by atoms with Crippen LogP contribution >= 0.6 is 0 Å². The van der Waals surface area contributed by atoms with E-state index in [1.165, 1.54) is 17.1 Å². The van der Waals surface area contributed by atoms with Gasteiger partial charge in [0, 0.05) is 12.4 Å². The number of carbonyl (C=O) groups excluding carboxylic acids is 1. The first kappa shape index (κ1) is 8.67. The maximum atomic E-state index is 11.3. The molecule has 4 nitrogen and oxygen atoms in total. The molecule has 0 radical (unpaired) electrons. The van der Waals surface area contributed by atoms with Gasteiger partial charge in [-0.05, 0) is 6.92 Å². The third kappa shape index (κ3) is 1.60. The standard InChI is InChI=1S/C8H11N3O/c1-3-11-5-7(4-10-11)8(12)6(2)9/h3-6H,1,9H2,2H3. The number of hydrogen-bond donors (Lipinski definition) is 1. The monoisotopic (exact) mass is 165 g/mol. The van der Waals surface area contributed by atoms with Crippen LogP contribution < -0.4 is 5.73 Å². The van der Waals surface area contributed by atoms with Crippen LogP contribution in [0.15, 0.2) is 19.0 Å². The van der Waals surface area contributed by atoms with Crippen molar-refractivity contribution in [2.24, 2.45) is 5.73 Å². The lowest BCUT2D eigenvalue weighted by Crippen LogP contribution is -2.26. The Balaban J connectivity index is 2.89. The molecule has 64 valence electrons. The Morgan fingerprint density at radius 1 is 1.92 bits per heavy atom. The Bertz CT molecular complexity index is 301. The highest BCUT2D eigenvalue weighted by molar-refractivity contribution is 5.99. The fourth-order valence-electron chi connectivity index (χ4n) is 0.828. The largest absolute Gasteiger partial charge is 0.321 e. The van der Waals surface area contributed by atoms with Gasteiger partial charge in [0.15, 0.2) is 5.78 Å². The van der Waals surface area contributed by atoms with Gasteiger partial charge in [-0.1, -0.05) is 6.58 Å². The number of nitrogens with zero attached hydrogens (tertiary/aromatic N) is 2. The van der Waals surface area contributed by atoms with Crippen LogP contribution in [0.3, 0.4) is 0 Å². The van der Waals surface area contributed by atoms with Crippen molar-refractivity contribution in [2.75, 3.05) is 0 Å². The summed E-state index contributed by atoms with van der Waals surface area (Å²) in [4.78, 5) is 11.3. The quantitative estimate of drug-likeness (QED) is 0.664. The van der Waals surface area contributed by atoms with Crippen molar-refractivity contribution < 1.29 is 4.79 Å². The summed E-state index contributed by atoms with van der Waals surface area (Å²) in [7, 11) is 0. The van der Waals surface area contributed by atoms with E-state index in [0.29, 0.717) is 5.56 Å². The van der Waals surface area contributed by atoms with E-state index in [0.717, 1.165) is 0 Å². The fraction of sp³-hybridized carbons (Fsp3) is 0.250. The molecular weight excluding hydrogens is 154 g/mol. The summed E-state index contributed by atoms with van der Waals surface area (Å²) in [6, 6.07) is -0.479. The number of rotatable bonds is 3. The van der Waals surface area contributed by atoms with Crippen molar-refractivity contribution in [1.82, 2.24) is 9.78 Å². The zero-order chi connectivity index (χ0) is 9.14. The highest BCUT2D eigenvalue weighted by Gasteiger charge is 2.11. The Morgan fingerprint density at radius 2 is 2.58 bits per heavy atom. The van der Waals surface area contributed by atoms with Crippen molar-refractivity contribution in [3.05, 3.63) is 24.5 Å². The van der Waals surface area contributed by atoms with E-state index in [9.17, 15) is 4.79 Å². The normalized spacial score (nSPS) is 12.5. The predicted molar refractivity (Wildman–Crippen MR) is 46.6 cm³/mol. The minimum Gasteiger partial charge on any atom is -0.321 e. The lowest BCUT2D eigenvalue weighted by molar-refractivity contribution is 0.0968. The smallest absolute Gasteiger partial charge is 0.182 e. The van der Waals surface area contributed by atoms with E-state index in [1.807, 2.05) is 0 Å². The number of nitrogens with two attached hydrogens (primary N) is 1. The molecule has 0 saturated heterocycles. The van der Waals surface area contributed by atoms with Crippen LogP contribution in [-0.4, -0.2) is 21.6 Å². The molecule has 0 aliphatic rings. The number of aromatic nitrogens is 2. The maximum absolute atomic E-state index is 11.3. The molecule has 0 spiro atoms. The second-order valence-electron chi connectivity index (χ2n) is 2.54. The molecule has 1 atom stereocenters. The third-order valence-electron chi connectivity index (χ3n) is 1.49. The molecule has 0 aromatic carbocycles. The van der Waals surface area contributed by atoms with Crippen molar-refractivity contribution in [3.63, 3.8) is 0 Å². The molecule has 1 rings (SSSR count). The van der Waals surface area contributed by atoms with Gasteiger partial charge in [-0.25, -0.2) is 4.68 Å². The highest BCUT2D eigenvalue weighted by Crippen LogP contribution is 2.01. The molecule has 0 aliphatic heterocycles. The van der Waals surface area contributed by atoms with E-state index in [4.69, 9.17) is 5.73 Å². The molecule has 0 bridgehead atoms. The average molecular weight is 165 g/mol.